The zero-order chi connectivity index (χ0) is 12.7. The lowest BCUT2D eigenvalue weighted by atomic mass is 10.2. The standard InChI is InChI=1S/C12H23N3O2/c1-4-10(16)9-12-13-11(14-17-12)7-8-15(5-2)6-3/h10,16H,4-9H2,1-3H3. The average Bonchev–Trinajstić information content (AvgIpc) is 2.78. The molecule has 0 amide bonds. The van der Waals surface area contributed by atoms with Crippen LogP contribution in [-0.4, -0.2) is 45.9 Å². The maximum absolute atomic E-state index is 9.48. The Morgan fingerprint density at radius 2 is 2.00 bits per heavy atom. The number of likely N-dealkylation sites (N-methyl/N-ethyl adjacent to an activating group) is 1. The van der Waals surface area contributed by atoms with Gasteiger partial charge in [0.1, 0.15) is 0 Å². The average molecular weight is 241 g/mol. The van der Waals surface area contributed by atoms with Crippen LogP contribution in [0.4, 0.5) is 0 Å². The molecule has 0 fully saturated rings. The van der Waals surface area contributed by atoms with Crippen LogP contribution in [0.5, 0.6) is 0 Å². The molecule has 5 nitrogen and oxygen atoms in total. The molecule has 0 aliphatic heterocycles. The second-order valence-corrected chi connectivity index (χ2v) is 4.15. The van der Waals surface area contributed by atoms with Crippen molar-refractivity contribution in [2.24, 2.45) is 0 Å². The lowest BCUT2D eigenvalue weighted by molar-refractivity contribution is 0.158. The van der Waals surface area contributed by atoms with E-state index in [1.165, 1.54) is 0 Å². The van der Waals surface area contributed by atoms with Crippen molar-refractivity contribution in [3.63, 3.8) is 0 Å². The third-order valence-corrected chi connectivity index (χ3v) is 2.94. The molecule has 17 heavy (non-hydrogen) atoms. The van der Waals surface area contributed by atoms with Crippen LogP contribution < -0.4 is 0 Å². The van der Waals surface area contributed by atoms with Gasteiger partial charge < -0.3 is 14.5 Å². The third-order valence-electron chi connectivity index (χ3n) is 2.94. The molecule has 5 heteroatoms. The highest BCUT2D eigenvalue weighted by atomic mass is 16.5. The van der Waals surface area contributed by atoms with Gasteiger partial charge in [0.05, 0.1) is 12.5 Å². The summed E-state index contributed by atoms with van der Waals surface area (Å²) in [6.45, 7) is 9.24. The Balaban J connectivity index is 2.40. The van der Waals surface area contributed by atoms with E-state index in [1.54, 1.807) is 0 Å². The van der Waals surface area contributed by atoms with Crippen molar-refractivity contribution >= 4 is 0 Å². The number of aliphatic hydroxyl groups is 1. The molecule has 1 unspecified atom stereocenters. The van der Waals surface area contributed by atoms with Crippen molar-refractivity contribution < 1.29 is 9.63 Å². The molecule has 1 aromatic rings. The van der Waals surface area contributed by atoms with E-state index in [9.17, 15) is 5.11 Å². The van der Waals surface area contributed by atoms with Crippen LogP contribution in [0.2, 0.25) is 0 Å². The minimum atomic E-state index is -0.383. The molecule has 1 atom stereocenters. The number of hydrogen-bond donors (Lipinski definition) is 1. The fraction of sp³-hybridized carbons (Fsp3) is 0.833. The highest BCUT2D eigenvalue weighted by Gasteiger charge is 2.11. The first-order valence-electron chi connectivity index (χ1n) is 6.41. The fourth-order valence-electron chi connectivity index (χ4n) is 1.62. The summed E-state index contributed by atoms with van der Waals surface area (Å²) in [7, 11) is 0. The molecule has 0 saturated heterocycles. The number of rotatable bonds is 8. The quantitative estimate of drug-likeness (QED) is 0.742. The van der Waals surface area contributed by atoms with Gasteiger partial charge in [-0.15, -0.1) is 0 Å². The minimum Gasteiger partial charge on any atom is -0.393 e. The molecule has 0 aromatic carbocycles. The van der Waals surface area contributed by atoms with Gasteiger partial charge in [0, 0.05) is 13.0 Å². The molecule has 0 aliphatic carbocycles. The van der Waals surface area contributed by atoms with Gasteiger partial charge in [-0.1, -0.05) is 25.9 Å². The molecular weight excluding hydrogens is 218 g/mol. The van der Waals surface area contributed by atoms with E-state index in [2.05, 4.69) is 28.9 Å². The van der Waals surface area contributed by atoms with Crippen LogP contribution in [0.1, 0.15) is 38.9 Å². The number of hydrogen-bond acceptors (Lipinski definition) is 5. The van der Waals surface area contributed by atoms with Crippen molar-refractivity contribution in [2.45, 2.75) is 46.1 Å². The van der Waals surface area contributed by atoms with Crippen molar-refractivity contribution in [1.29, 1.82) is 0 Å². The largest absolute Gasteiger partial charge is 0.393 e. The van der Waals surface area contributed by atoms with Gasteiger partial charge >= 0.3 is 0 Å². The van der Waals surface area contributed by atoms with E-state index >= 15 is 0 Å². The summed E-state index contributed by atoms with van der Waals surface area (Å²) in [5.74, 6) is 1.27. The van der Waals surface area contributed by atoms with Crippen LogP contribution in [0.3, 0.4) is 0 Å². The van der Waals surface area contributed by atoms with Crippen molar-refractivity contribution in [2.75, 3.05) is 19.6 Å². The predicted molar refractivity (Wildman–Crippen MR) is 65.8 cm³/mol. The molecule has 1 heterocycles. The van der Waals surface area contributed by atoms with Gasteiger partial charge in [0.15, 0.2) is 5.82 Å². The fourth-order valence-corrected chi connectivity index (χ4v) is 1.62. The molecule has 0 saturated carbocycles. The number of aromatic nitrogens is 2. The first kappa shape index (κ1) is 14.1. The molecule has 0 radical (unpaired) electrons. The lowest BCUT2D eigenvalue weighted by Gasteiger charge is -2.16. The van der Waals surface area contributed by atoms with Gasteiger partial charge in [-0.05, 0) is 19.5 Å². The second-order valence-electron chi connectivity index (χ2n) is 4.15. The Hall–Kier alpha value is -0.940. The summed E-state index contributed by atoms with van der Waals surface area (Å²) in [5.41, 5.74) is 0. The molecule has 1 N–H and O–H groups in total. The van der Waals surface area contributed by atoms with Gasteiger partial charge in [-0.2, -0.15) is 4.98 Å². The highest BCUT2D eigenvalue weighted by Crippen LogP contribution is 2.04. The maximum Gasteiger partial charge on any atom is 0.229 e. The summed E-state index contributed by atoms with van der Waals surface area (Å²) in [4.78, 5) is 6.59. The SMILES string of the molecule is CCC(O)Cc1nc(CCN(CC)CC)no1. The van der Waals surface area contributed by atoms with E-state index in [0.29, 0.717) is 18.7 Å². The summed E-state index contributed by atoms with van der Waals surface area (Å²) in [6, 6.07) is 0. The first-order chi connectivity index (χ1) is 8.19. The predicted octanol–water partition coefficient (Wildman–Crippen LogP) is 1.27. The van der Waals surface area contributed by atoms with Crippen molar-refractivity contribution in [1.82, 2.24) is 15.0 Å². The van der Waals surface area contributed by atoms with E-state index in [4.69, 9.17) is 4.52 Å². The highest BCUT2D eigenvalue weighted by molar-refractivity contribution is 4.88. The molecule has 0 bridgehead atoms. The first-order valence-corrected chi connectivity index (χ1v) is 6.41. The zero-order valence-electron chi connectivity index (χ0n) is 11.0. The van der Waals surface area contributed by atoms with Crippen molar-refractivity contribution in [3.8, 4) is 0 Å². The molecule has 0 aliphatic rings. The normalized spacial score (nSPS) is 13.2. The Bertz CT molecular complexity index is 310. The zero-order valence-corrected chi connectivity index (χ0v) is 11.0. The van der Waals surface area contributed by atoms with E-state index in [0.717, 1.165) is 31.9 Å². The Morgan fingerprint density at radius 3 is 2.59 bits per heavy atom. The van der Waals surface area contributed by atoms with E-state index in [-0.39, 0.29) is 6.10 Å². The van der Waals surface area contributed by atoms with Crippen LogP contribution >= 0.6 is 0 Å². The molecule has 1 aromatic heterocycles. The van der Waals surface area contributed by atoms with Crippen LogP contribution in [0.15, 0.2) is 4.52 Å². The Morgan fingerprint density at radius 1 is 1.29 bits per heavy atom. The minimum absolute atomic E-state index is 0.383. The number of aliphatic hydroxyl groups excluding tert-OH is 1. The second kappa shape index (κ2) is 7.40. The third kappa shape index (κ3) is 4.83. The number of nitrogens with zero attached hydrogens (tertiary/aromatic N) is 3. The van der Waals surface area contributed by atoms with Crippen molar-refractivity contribution in [3.05, 3.63) is 11.7 Å². The van der Waals surface area contributed by atoms with Crippen LogP contribution in [0, 0.1) is 0 Å². The smallest absolute Gasteiger partial charge is 0.229 e. The monoisotopic (exact) mass is 241 g/mol. The summed E-state index contributed by atoms with van der Waals surface area (Å²) in [6.07, 6.45) is 1.57. The van der Waals surface area contributed by atoms with Gasteiger partial charge in [-0.25, -0.2) is 0 Å². The summed E-state index contributed by atoms with van der Waals surface area (Å²) < 4.78 is 5.10. The van der Waals surface area contributed by atoms with E-state index < -0.39 is 0 Å². The summed E-state index contributed by atoms with van der Waals surface area (Å²) >= 11 is 0. The molecule has 1 rings (SSSR count). The Labute approximate surface area is 103 Å². The van der Waals surface area contributed by atoms with Gasteiger partial charge in [0.2, 0.25) is 5.89 Å². The topological polar surface area (TPSA) is 62.4 Å². The van der Waals surface area contributed by atoms with Gasteiger partial charge in [-0.3, -0.25) is 0 Å². The van der Waals surface area contributed by atoms with Crippen LogP contribution in [0.25, 0.3) is 0 Å². The molecular formula is C12H23N3O2. The summed E-state index contributed by atoms with van der Waals surface area (Å²) in [5, 5.41) is 13.4. The lowest BCUT2D eigenvalue weighted by Crippen LogP contribution is -2.25. The maximum atomic E-state index is 9.48. The van der Waals surface area contributed by atoms with Gasteiger partial charge in [0.25, 0.3) is 0 Å². The molecule has 0 spiro atoms. The Kier molecular flexibility index (Phi) is 6.15. The van der Waals surface area contributed by atoms with Crippen LogP contribution in [-0.2, 0) is 12.8 Å². The molecule has 98 valence electrons. The van der Waals surface area contributed by atoms with E-state index in [1.807, 2.05) is 6.92 Å².